The molecule has 6 nitrogen and oxygen atoms in total. The molecular formula is C14H19F3N2O4. The van der Waals surface area contributed by atoms with Gasteiger partial charge in [0, 0.05) is 6.54 Å². The average Bonchev–Trinajstić information content (AvgIpc) is 2.86. The molecule has 1 unspecified atom stereocenters. The number of alkyl halides is 3. The lowest BCUT2D eigenvalue weighted by atomic mass is 9.98. The Balaban J connectivity index is 1.88. The topological polar surface area (TPSA) is 59.1 Å². The molecule has 0 saturated carbocycles. The molecule has 0 aromatic carbocycles. The third-order valence-corrected chi connectivity index (χ3v) is 4.41. The van der Waals surface area contributed by atoms with Crippen LogP contribution in [0.2, 0.25) is 0 Å². The molecule has 2 amide bonds. The maximum absolute atomic E-state index is 13.2. The van der Waals surface area contributed by atoms with Crippen LogP contribution in [-0.2, 0) is 9.47 Å². The maximum atomic E-state index is 13.2. The summed E-state index contributed by atoms with van der Waals surface area (Å²) in [7, 11) is 0. The number of carbonyl (C=O) groups is 2. The standard InChI is InChI=1S/C14H19F3N2O4/c1-13(2,3)23-12(21)19-7-4-5-8(19)9-10(14(15,16)17)22-11(20)18(9)6-7/h7-10H,4-6H2,1-3H3/t7-,8+,9-,10?/m0/s1. The van der Waals surface area contributed by atoms with Crippen LogP contribution in [0.25, 0.3) is 0 Å². The van der Waals surface area contributed by atoms with Crippen LogP contribution in [0.5, 0.6) is 0 Å². The summed E-state index contributed by atoms with van der Waals surface area (Å²) < 4.78 is 49.4. The van der Waals surface area contributed by atoms with Gasteiger partial charge in [0.2, 0.25) is 6.10 Å². The molecule has 130 valence electrons. The minimum absolute atomic E-state index is 0.0474. The van der Waals surface area contributed by atoms with Crippen molar-refractivity contribution < 1.29 is 32.2 Å². The largest absolute Gasteiger partial charge is 0.444 e. The Morgan fingerprint density at radius 2 is 1.91 bits per heavy atom. The third kappa shape index (κ3) is 2.70. The normalized spacial score (nSPS) is 33.6. The SMILES string of the molecule is CC(C)(C)OC(=O)N1[C@H]2CC[C@@H]1[C@H]1C(C(F)(F)F)OC(=O)N1C2. The molecular weight excluding hydrogens is 317 g/mol. The minimum atomic E-state index is -4.66. The molecule has 3 fully saturated rings. The molecule has 3 aliphatic heterocycles. The molecule has 3 rings (SSSR count). The van der Waals surface area contributed by atoms with Gasteiger partial charge < -0.3 is 9.47 Å². The fourth-order valence-electron chi connectivity index (χ4n) is 3.65. The van der Waals surface area contributed by atoms with Crippen molar-refractivity contribution in [3.8, 4) is 0 Å². The lowest BCUT2D eigenvalue weighted by Gasteiger charge is -2.43. The van der Waals surface area contributed by atoms with Gasteiger partial charge in [0.1, 0.15) is 11.6 Å². The van der Waals surface area contributed by atoms with Crippen LogP contribution in [0.15, 0.2) is 0 Å². The summed E-state index contributed by atoms with van der Waals surface area (Å²) in [6, 6.07) is -2.26. The summed E-state index contributed by atoms with van der Waals surface area (Å²) in [5.74, 6) is 0. The van der Waals surface area contributed by atoms with Gasteiger partial charge in [-0.15, -0.1) is 0 Å². The number of hydrogen-bond donors (Lipinski definition) is 0. The second kappa shape index (κ2) is 4.91. The Bertz CT molecular complexity index is 531. The first-order valence-electron chi connectivity index (χ1n) is 7.54. The summed E-state index contributed by atoms with van der Waals surface area (Å²) in [4.78, 5) is 26.6. The van der Waals surface area contributed by atoms with E-state index in [4.69, 9.17) is 4.74 Å². The molecule has 4 atom stereocenters. The molecule has 0 radical (unpaired) electrons. The van der Waals surface area contributed by atoms with Crippen LogP contribution in [0.4, 0.5) is 22.8 Å². The van der Waals surface area contributed by atoms with Crippen molar-refractivity contribution in [2.45, 2.75) is 69.6 Å². The van der Waals surface area contributed by atoms with Crippen molar-refractivity contribution in [1.82, 2.24) is 9.80 Å². The van der Waals surface area contributed by atoms with E-state index in [9.17, 15) is 22.8 Å². The number of ether oxygens (including phenoxy) is 2. The summed E-state index contributed by atoms with van der Waals surface area (Å²) in [5, 5.41) is 0. The molecule has 0 aromatic rings. The van der Waals surface area contributed by atoms with Crippen molar-refractivity contribution >= 4 is 12.2 Å². The lowest BCUT2D eigenvalue weighted by Crippen LogP contribution is -2.63. The fraction of sp³-hybridized carbons (Fsp3) is 0.857. The molecule has 3 aliphatic rings. The number of amides is 2. The lowest BCUT2D eigenvalue weighted by molar-refractivity contribution is -0.206. The third-order valence-electron chi connectivity index (χ3n) is 4.41. The zero-order valence-corrected chi connectivity index (χ0v) is 13.1. The van der Waals surface area contributed by atoms with Crippen molar-refractivity contribution in [1.29, 1.82) is 0 Å². The van der Waals surface area contributed by atoms with E-state index < -0.39 is 42.2 Å². The smallest absolute Gasteiger partial charge is 0.427 e. The highest BCUT2D eigenvalue weighted by molar-refractivity contribution is 5.74. The molecule has 0 aromatic heterocycles. The molecule has 9 heteroatoms. The molecule has 0 spiro atoms. The summed E-state index contributed by atoms with van der Waals surface area (Å²) in [6.07, 6.45) is -7.51. The van der Waals surface area contributed by atoms with Crippen LogP contribution < -0.4 is 0 Å². The summed E-state index contributed by atoms with van der Waals surface area (Å²) >= 11 is 0. The minimum Gasteiger partial charge on any atom is -0.444 e. The monoisotopic (exact) mass is 336 g/mol. The van der Waals surface area contributed by atoms with Gasteiger partial charge in [-0.1, -0.05) is 0 Å². The van der Waals surface area contributed by atoms with Gasteiger partial charge in [0.15, 0.2) is 0 Å². The van der Waals surface area contributed by atoms with Crippen molar-refractivity contribution in [2.24, 2.45) is 0 Å². The van der Waals surface area contributed by atoms with Gasteiger partial charge in [0.25, 0.3) is 0 Å². The quantitative estimate of drug-likeness (QED) is 0.682. The van der Waals surface area contributed by atoms with E-state index in [1.54, 1.807) is 20.8 Å². The Hall–Kier alpha value is -1.67. The zero-order valence-electron chi connectivity index (χ0n) is 13.1. The Morgan fingerprint density at radius 1 is 1.26 bits per heavy atom. The second-order valence-corrected chi connectivity index (χ2v) is 7.18. The second-order valence-electron chi connectivity index (χ2n) is 7.18. The van der Waals surface area contributed by atoms with Gasteiger partial charge in [-0.2, -0.15) is 13.2 Å². The maximum Gasteiger partial charge on any atom is 0.427 e. The highest BCUT2D eigenvalue weighted by Crippen LogP contribution is 2.44. The molecule has 3 saturated heterocycles. The Kier molecular flexibility index (Phi) is 3.46. The van der Waals surface area contributed by atoms with Crippen LogP contribution in [0.3, 0.4) is 0 Å². The number of nitrogens with zero attached hydrogens (tertiary/aromatic N) is 2. The number of rotatable bonds is 0. The Morgan fingerprint density at radius 3 is 2.48 bits per heavy atom. The predicted octanol–water partition coefficient (Wildman–Crippen LogP) is 2.52. The van der Waals surface area contributed by atoms with E-state index in [0.29, 0.717) is 12.8 Å². The van der Waals surface area contributed by atoms with Crippen LogP contribution in [0.1, 0.15) is 33.6 Å². The average molecular weight is 336 g/mol. The molecule has 0 aliphatic carbocycles. The van der Waals surface area contributed by atoms with Gasteiger partial charge in [-0.3, -0.25) is 9.80 Å². The summed E-state index contributed by atoms with van der Waals surface area (Å²) in [5.41, 5.74) is -0.737. The van der Waals surface area contributed by atoms with E-state index >= 15 is 0 Å². The number of fused-ring (bicyclic) bond motifs is 4. The molecule has 2 bridgehead atoms. The van der Waals surface area contributed by atoms with Crippen LogP contribution in [0, 0.1) is 0 Å². The van der Waals surface area contributed by atoms with Crippen LogP contribution >= 0.6 is 0 Å². The van der Waals surface area contributed by atoms with Crippen LogP contribution in [-0.4, -0.2) is 64.5 Å². The van der Waals surface area contributed by atoms with Crippen molar-refractivity contribution in [3.05, 3.63) is 0 Å². The highest BCUT2D eigenvalue weighted by Gasteiger charge is 2.64. The zero-order chi connectivity index (χ0) is 17.2. The van der Waals surface area contributed by atoms with Crippen molar-refractivity contribution in [3.63, 3.8) is 0 Å². The van der Waals surface area contributed by atoms with Crippen molar-refractivity contribution in [2.75, 3.05) is 6.54 Å². The van der Waals surface area contributed by atoms with E-state index in [1.165, 1.54) is 4.90 Å². The molecule has 3 heterocycles. The number of carbonyl (C=O) groups excluding carboxylic acids is 2. The van der Waals surface area contributed by atoms with E-state index in [0.717, 1.165) is 4.90 Å². The number of halogens is 3. The summed E-state index contributed by atoms with van der Waals surface area (Å²) in [6.45, 7) is 5.14. The first-order valence-corrected chi connectivity index (χ1v) is 7.54. The first kappa shape index (κ1) is 16.2. The number of cyclic esters (lactones) is 1. The highest BCUT2D eigenvalue weighted by atomic mass is 19.4. The van der Waals surface area contributed by atoms with E-state index in [2.05, 4.69) is 4.74 Å². The van der Waals surface area contributed by atoms with Gasteiger partial charge in [0.05, 0.1) is 12.1 Å². The Labute approximate surface area is 131 Å². The predicted molar refractivity (Wildman–Crippen MR) is 71.7 cm³/mol. The van der Waals surface area contributed by atoms with E-state index in [1.807, 2.05) is 0 Å². The molecule has 0 N–H and O–H groups in total. The van der Waals surface area contributed by atoms with Gasteiger partial charge >= 0.3 is 18.4 Å². The van der Waals surface area contributed by atoms with E-state index in [-0.39, 0.29) is 12.6 Å². The molecule has 23 heavy (non-hydrogen) atoms. The number of piperazine rings is 1. The van der Waals surface area contributed by atoms with Gasteiger partial charge in [-0.25, -0.2) is 9.59 Å². The van der Waals surface area contributed by atoms with Gasteiger partial charge in [-0.05, 0) is 33.6 Å². The number of hydrogen-bond acceptors (Lipinski definition) is 4. The fourth-order valence-corrected chi connectivity index (χ4v) is 3.65. The first-order chi connectivity index (χ1) is 10.5.